The number of carbonyl (C=O) groups is 1. The van der Waals surface area contributed by atoms with Gasteiger partial charge in [-0.2, -0.15) is 0 Å². The molecule has 0 saturated heterocycles. The van der Waals surface area contributed by atoms with Gasteiger partial charge in [0.2, 0.25) is 5.91 Å². The smallest absolute Gasteiger partial charge is 0.237 e. The molecule has 0 aliphatic heterocycles. The summed E-state index contributed by atoms with van der Waals surface area (Å²) in [4.78, 5) is 14.3. The standard InChI is InChI=1S/C16H32N2O2/c1-5-8-12(2)17-16(20)13(3)18(4)11-14-9-6-7-10-15(14)19/h12-15,19H,5-11H2,1-4H3,(H,17,20). The summed E-state index contributed by atoms with van der Waals surface area (Å²) >= 11 is 0. The Hall–Kier alpha value is -0.610. The van der Waals surface area contributed by atoms with Crippen molar-refractivity contribution in [3.05, 3.63) is 0 Å². The molecule has 1 aliphatic rings. The first-order chi connectivity index (χ1) is 9.45. The zero-order valence-electron chi connectivity index (χ0n) is 13.6. The number of aliphatic hydroxyl groups is 1. The summed E-state index contributed by atoms with van der Waals surface area (Å²) in [5.74, 6) is 0.413. The van der Waals surface area contributed by atoms with E-state index in [0.717, 1.165) is 38.6 Å². The molecule has 4 atom stereocenters. The van der Waals surface area contributed by atoms with Crippen LogP contribution in [0.3, 0.4) is 0 Å². The highest BCUT2D eigenvalue weighted by molar-refractivity contribution is 5.81. The molecule has 1 fully saturated rings. The fourth-order valence-electron chi connectivity index (χ4n) is 3.00. The van der Waals surface area contributed by atoms with Crippen LogP contribution in [0.15, 0.2) is 0 Å². The molecule has 1 amide bonds. The van der Waals surface area contributed by atoms with Gasteiger partial charge in [-0.05, 0) is 46.1 Å². The topological polar surface area (TPSA) is 52.6 Å². The van der Waals surface area contributed by atoms with E-state index in [-0.39, 0.29) is 24.1 Å². The quantitative estimate of drug-likeness (QED) is 0.753. The molecule has 0 aromatic heterocycles. The minimum atomic E-state index is -0.194. The average Bonchev–Trinajstić information content (AvgIpc) is 2.40. The molecule has 0 radical (unpaired) electrons. The number of nitrogens with zero attached hydrogens (tertiary/aromatic N) is 1. The third-order valence-electron chi connectivity index (χ3n) is 4.54. The first-order valence-corrected chi connectivity index (χ1v) is 8.14. The van der Waals surface area contributed by atoms with Crippen molar-refractivity contribution in [2.45, 2.75) is 77.5 Å². The zero-order chi connectivity index (χ0) is 15.1. The maximum atomic E-state index is 12.2. The maximum Gasteiger partial charge on any atom is 0.237 e. The van der Waals surface area contributed by atoms with Gasteiger partial charge in [-0.25, -0.2) is 0 Å². The number of carbonyl (C=O) groups excluding carboxylic acids is 1. The lowest BCUT2D eigenvalue weighted by molar-refractivity contribution is -0.126. The van der Waals surface area contributed by atoms with Crippen molar-refractivity contribution in [1.29, 1.82) is 0 Å². The molecule has 2 N–H and O–H groups in total. The molecule has 1 saturated carbocycles. The Bertz CT molecular complexity index is 296. The molecule has 0 aromatic carbocycles. The number of hydrogen-bond donors (Lipinski definition) is 2. The molecule has 118 valence electrons. The van der Waals surface area contributed by atoms with Crippen molar-refractivity contribution in [3.63, 3.8) is 0 Å². The van der Waals surface area contributed by atoms with Crippen LogP contribution in [0.4, 0.5) is 0 Å². The van der Waals surface area contributed by atoms with Gasteiger partial charge in [0.15, 0.2) is 0 Å². The number of rotatable bonds is 7. The van der Waals surface area contributed by atoms with Gasteiger partial charge in [0.05, 0.1) is 12.1 Å². The van der Waals surface area contributed by atoms with E-state index in [9.17, 15) is 9.90 Å². The van der Waals surface area contributed by atoms with Gasteiger partial charge >= 0.3 is 0 Å². The van der Waals surface area contributed by atoms with Gasteiger partial charge < -0.3 is 10.4 Å². The van der Waals surface area contributed by atoms with Crippen LogP contribution in [-0.2, 0) is 4.79 Å². The monoisotopic (exact) mass is 284 g/mol. The Labute approximate surface area is 123 Å². The molecular weight excluding hydrogens is 252 g/mol. The molecule has 1 aliphatic carbocycles. The van der Waals surface area contributed by atoms with Crippen LogP contribution in [0.25, 0.3) is 0 Å². The van der Waals surface area contributed by atoms with Crippen LogP contribution in [0.2, 0.25) is 0 Å². The summed E-state index contributed by atoms with van der Waals surface area (Å²) < 4.78 is 0. The molecule has 20 heavy (non-hydrogen) atoms. The van der Waals surface area contributed by atoms with Gasteiger partial charge in [0, 0.05) is 12.6 Å². The summed E-state index contributed by atoms with van der Waals surface area (Å²) in [6, 6.07) is 0.104. The molecule has 0 spiro atoms. The molecule has 4 nitrogen and oxygen atoms in total. The normalized spacial score (nSPS) is 26.3. The average molecular weight is 284 g/mol. The number of amides is 1. The van der Waals surface area contributed by atoms with Crippen LogP contribution >= 0.6 is 0 Å². The van der Waals surface area contributed by atoms with Gasteiger partial charge in [-0.1, -0.05) is 26.2 Å². The summed E-state index contributed by atoms with van der Waals surface area (Å²) in [6.07, 6.45) is 6.22. The largest absolute Gasteiger partial charge is 0.393 e. The lowest BCUT2D eigenvalue weighted by Gasteiger charge is -2.33. The van der Waals surface area contributed by atoms with E-state index < -0.39 is 0 Å². The predicted molar refractivity (Wildman–Crippen MR) is 82.6 cm³/mol. The van der Waals surface area contributed by atoms with E-state index in [2.05, 4.69) is 24.1 Å². The summed E-state index contributed by atoms with van der Waals surface area (Å²) in [5, 5.41) is 13.1. The van der Waals surface area contributed by atoms with Crippen molar-refractivity contribution in [2.75, 3.05) is 13.6 Å². The highest BCUT2D eigenvalue weighted by Gasteiger charge is 2.27. The maximum absolute atomic E-state index is 12.2. The fraction of sp³-hybridized carbons (Fsp3) is 0.938. The van der Waals surface area contributed by atoms with Gasteiger partial charge in [0.1, 0.15) is 0 Å². The first kappa shape index (κ1) is 17.4. The minimum absolute atomic E-state index is 0.0961. The molecule has 0 aromatic rings. The van der Waals surface area contributed by atoms with Gasteiger partial charge in [0.25, 0.3) is 0 Å². The SMILES string of the molecule is CCCC(C)NC(=O)C(C)N(C)CC1CCCCC1O. The van der Waals surface area contributed by atoms with Crippen LogP contribution < -0.4 is 5.32 Å². The van der Waals surface area contributed by atoms with E-state index >= 15 is 0 Å². The molecule has 1 rings (SSSR count). The zero-order valence-corrected chi connectivity index (χ0v) is 13.6. The number of nitrogens with one attached hydrogen (secondary N) is 1. The Morgan fingerprint density at radius 1 is 1.35 bits per heavy atom. The van der Waals surface area contributed by atoms with E-state index in [4.69, 9.17) is 0 Å². The lowest BCUT2D eigenvalue weighted by Crippen LogP contribution is -2.48. The van der Waals surface area contributed by atoms with Crippen molar-refractivity contribution in [3.8, 4) is 0 Å². The van der Waals surface area contributed by atoms with Crippen LogP contribution in [0.5, 0.6) is 0 Å². The van der Waals surface area contributed by atoms with E-state index in [1.165, 1.54) is 6.42 Å². The summed E-state index contributed by atoms with van der Waals surface area (Å²) in [7, 11) is 1.98. The van der Waals surface area contributed by atoms with Crippen molar-refractivity contribution in [2.24, 2.45) is 5.92 Å². The fourth-order valence-corrected chi connectivity index (χ4v) is 3.00. The number of aliphatic hydroxyl groups excluding tert-OH is 1. The van der Waals surface area contributed by atoms with Crippen LogP contribution in [0.1, 0.15) is 59.3 Å². The second-order valence-electron chi connectivity index (χ2n) is 6.43. The predicted octanol–water partition coefficient (Wildman–Crippen LogP) is 2.16. The van der Waals surface area contributed by atoms with Crippen LogP contribution in [0, 0.1) is 5.92 Å². The molecule has 4 unspecified atom stereocenters. The van der Waals surface area contributed by atoms with E-state index in [1.54, 1.807) is 0 Å². The second kappa shape index (κ2) is 8.63. The molecular formula is C16H32N2O2. The first-order valence-electron chi connectivity index (χ1n) is 8.14. The highest BCUT2D eigenvalue weighted by atomic mass is 16.3. The minimum Gasteiger partial charge on any atom is -0.393 e. The molecule has 0 heterocycles. The van der Waals surface area contributed by atoms with Crippen molar-refractivity contribution in [1.82, 2.24) is 10.2 Å². The van der Waals surface area contributed by atoms with Gasteiger partial charge in [-0.3, -0.25) is 9.69 Å². The van der Waals surface area contributed by atoms with Crippen LogP contribution in [-0.4, -0.2) is 47.7 Å². The third kappa shape index (κ3) is 5.41. The second-order valence-corrected chi connectivity index (χ2v) is 6.43. The van der Waals surface area contributed by atoms with Crippen molar-refractivity contribution >= 4 is 5.91 Å². The number of hydrogen-bond acceptors (Lipinski definition) is 3. The molecule has 0 bridgehead atoms. The summed E-state index contributed by atoms with van der Waals surface area (Å²) in [5.41, 5.74) is 0. The van der Waals surface area contributed by atoms with Crippen molar-refractivity contribution < 1.29 is 9.90 Å². The highest BCUT2D eigenvalue weighted by Crippen LogP contribution is 2.25. The Kier molecular flexibility index (Phi) is 7.52. The van der Waals surface area contributed by atoms with E-state index in [1.807, 2.05) is 14.0 Å². The summed E-state index contributed by atoms with van der Waals surface area (Å²) in [6.45, 7) is 6.93. The Balaban J connectivity index is 2.40. The number of likely N-dealkylation sites (N-methyl/N-ethyl adjacent to an activating group) is 1. The Morgan fingerprint density at radius 3 is 2.60 bits per heavy atom. The lowest BCUT2D eigenvalue weighted by atomic mass is 9.86. The van der Waals surface area contributed by atoms with E-state index in [0.29, 0.717) is 5.92 Å². The molecule has 4 heteroatoms. The van der Waals surface area contributed by atoms with Gasteiger partial charge in [-0.15, -0.1) is 0 Å². The Morgan fingerprint density at radius 2 is 2.00 bits per heavy atom. The third-order valence-corrected chi connectivity index (χ3v) is 4.54.